The van der Waals surface area contributed by atoms with Gasteiger partial charge in [-0.15, -0.1) is 0 Å². The lowest BCUT2D eigenvalue weighted by Gasteiger charge is -2.23. The zero-order valence-corrected chi connectivity index (χ0v) is 14.2. The standard InChI is InChI=1S/C17H26F2N2O2/c1-5-6-14(21-16(22)23-17(2,3)4)11-20-10-12-7-8-13(18)9-15(12)19/h7-9,14,20H,5-6,10-11H2,1-4H3,(H,21,22). The summed E-state index contributed by atoms with van der Waals surface area (Å²) in [6, 6.07) is 3.38. The molecule has 0 saturated carbocycles. The highest BCUT2D eigenvalue weighted by Crippen LogP contribution is 2.10. The maximum atomic E-state index is 13.5. The minimum Gasteiger partial charge on any atom is -0.444 e. The third kappa shape index (κ3) is 7.93. The molecule has 0 bridgehead atoms. The van der Waals surface area contributed by atoms with E-state index in [4.69, 9.17) is 4.74 Å². The van der Waals surface area contributed by atoms with E-state index in [-0.39, 0.29) is 12.6 Å². The molecule has 4 nitrogen and oxygen atoms in total. The van der Waals surface area contributed by atoms with Crippen LogP contribution in [0.15, 0.2) is 18.2 Å². The molecule has 1 amide bonds. The van der Waals surface area contributed by atoms with Gasteiger partial charge in [-0.2, -0.15) is 0 Å². The Morgan fingerprint density at radius 1 is 1.30 bits per heavy atom. The van der Waals surface area contributed by atoms with E-state index < -0.39 is 23.3 Å². The van der Waals surface area contributed by atoms with E-state index in [1.165, 1.54) is 12.1 Å². The van der Waals surface area contributed by atoms with Crippen molar-refractivity contribution in [1.29, 1.82) is 0 Å². The van der Waals surface area contributed by atoms with Crippen molar-refractivity contribution in [3.63, 3.8) is 0 Å². The van der Waals surface area contributed by atoms with Gasteiger partial charge in [0.2, 0.25) is 0 Å². The topological polar surface area (TPSA) is 50.4 Å². The van der Waals surface area contributed by atoms with Crippen LogP contribution < -0.4 is 10.6 Å². The lowest BCUT2D eigenvalue weighted by molar-refractivity contribution is 0.0501. The summed E-state index contributed by atoms with van der Waals surface area (Å²) in [5.41, 5.74) is -0.162. The van der Waals surface area contributed by atoms with Crippen LogP contribution in [0.5, 0.6) is 0 Å². The van der Waals surface area contributed by atoms with Crippen LogP contribution >= 0.6 is 0 Å². The Kier molecular flexibility index (Phi) is 7.42. The lowest BCUT2D eigenvalue weighted by Crippen LogP contribution is -2.44. The van der Waals surface area contributed by atoms with E-state index in [1.54, 1.807) is 20.8 Å². The molecule has 6 heteroatoms. The summed E-state index contributed by atoms with van der Waals surface area (Å²) in [7, 11) is 0. The van der Waals surface area contributed by atoms with Gasteiger partial charge in [0.05, 0.1) is 0 Å². The molecule has 1 atom stereocenters. The molecular weight excluding hydrogens is 302 g/mol. The minimum atomic E-state index is -0.596. The minimum absolute atomic E-state index is 0.113. The highest BCUT2D eigenvalue weighted by Gasteiger charge is 2.19. The summed E-state index contributed by atoms with van der Waals surface area (Å²) >= 11 is 0. The molecular formula is C17H26F2N2O2. The summed E-state index contributed by atoms with van der Waals surface area (Å²) in [6.45, 7) is 8.17. The van der Waals surface area contributed by atoms with Crippen LogP contribution in [0.4, 0.5) is 13.6 Å². The second kappa shape index (κ2) is 8.82. The quantitative estimate of drug-likeness (QED) is 0.801. The van der Waals surface area contributed by atoms with Crippen molar-refractivity contribution >= 4 is 6.09 Å². The van der Waals surface area contributed by atoms with Crippen molar-refractivity contribution in [2.45, 2.75) is 58.7 Å². The average molecular weight is 328 g/mol. The highest BCUT2D eigenvalue weighted by molar-refractivity contribution is 5.68. The Labute approximate surface area is 136 Å². The SMILES string of the molecule is CCCC(CNCc1ccc(F)cc1F)NC(=O)OC(C)(C)C. The Hall–Kier alpha value is -1.69. The van der Waals surface area contributed by atoms with Crippen LogP contribution in [0.2, 0.25) is 0 Å². The molecule has 23 heavy (non-hydrogen) atoms. The van der Waals surface area contributed by atoms with Crippen molar-refractivity contribution in [2.75, 3.05) is 6.54 Å². The number of carbonyl (C=O) groups is 1. The number of benzene rings is 1. The van der Waals surface area contributed by atoms with Crippen LogP contribution in [-0.4, -0.2) is 24.3 Å². The molecule has 130 valence electrons. The van der Waals surface area contributed by atoms with Gasteiger partial charge in [0.1, 0.15) is 17.2 Å². The molecule has 0 aliphatic heterocycles. The maximum absolute atomic E-state index is 13.5. The van der Waals surface area contributed by atoms with E-state index in [2.05, 4.69) is 10.6 Å². The number of amides is 1. The molecule has 1 unspecified atom stereocenters. The predicted octanol–water partition coefficient (Wildman–Crippen LogP) is 3.75. The number of hydrogen-bond donors (Lipinski definition) is 2. The van der Waals surface area contributed by atoms with E-state index in [9.17, 15) is 13.6 Å². The van der Waals surface area contributed by atoms with E-state index in [0.29, 0.717) is 12.1 Å². The van der Waals surface area contributed by atoms with Crippen molar-refractivity contribution in [2.24, 2.45) is 0 Å². The van der Waals surface area contributed by atoms with Gasteiger partial charge in [0.25, 0.3) is 0 Å². The zero-order chi connectivity index (χ0) is 17.5. The van der Waals surface area contributed by atoms with E-state index in [0.717, 1.165) is 18.9 Å². The van der Waals surface area contributed by atoms with Crippen molar-refractivity contribution in [1.82, 2.24) is 10.6 Å². The third-order valence-electron chi connectivity index (χ3n) is 3.08. The number of hydrogen-bond acceptors (Lipinski definition) is 3. The smallest absolute Gasteiger partial charge is 0.407 e. The van der Waals surface area contributed by atoms with Gasteiger partial charge in [0.15, 0.2) is 0 Å². The Bertz CT molecular complexity index is 516. The summed E-state index contributed by atoms with van der Waals surface area (Å²) in [5.74, 6) is -1.17. The molecule has 1 aromatic carbocycles. The second-order valence-corrected chi connectivity index (χ2v) is 6.50. The van der Waals surface area contributed by atoms with Gasteiger partial charge >= 0.3 is 6.09 Å². The van der Waals surface area contributed by atoms with Gasteiger partial charge in [-0.05, 0) is 33.3 Å². The molecule has 1 aromatic rings. The van der Waals surface area contributed by atoms with Gasteiger partial charge in [-0.3, -0.25) is 0 Å². The van der Waals surface area contributed by atoms with Gasteiger partial charge in [-0.1, -0.05) is 19.4 Å². The molecule has 0 spiro atoms. The summed E-state index contributed by atoms with van der Waals surface area (Å²) < 4.78 is 31.6. The maximum Gasteiger partial charge on any atom is 0.407 e. The van der Waals surface area contributed by atoms with Crippen molar-refractivity contribution in [3.8, 4) is 0 Å². The molecule has 0 fully saturated rings. The Morgan fingerprint density at radius 3 is 2.57 bits per heavy atom. The molecule has 1 rings (SSSR count). The number of halogens is 2. The average Bonchev–Trinajstić information content (AvgIpc) is 2.39. The number of carbonyl (C=O) groups excluding carboxylic acids is 1. The zero-order valence-electron chi connectivity index (χ0n) is 14.2. The normalized spacial score (nSPS) is 12.8. The largest absolute Gasteiger partial charge is 0.444 e. The van der Waals surface area contributed by atoms with Crippen molar-refractivity contribution < 1.29 is 18.3 Å². The van der Waals surface area contributed by atoms with Crippen LogP contribution in [0, 0.1) is 11.6 Å². The molecule has 0 saturated heterocycles. The lowest BCUT2D eigenvalue weighted by atomic mass is 10.1. The third-order valence-corrected chi connectivity index (χ3v) is 3.08. The first kappa shape index (κ1) is 19.4. The molecule has 0 aliphatic carbocycles. The summed E-state index contributed by atoms with van der Waals surface area (Å²) in [6.07, 6.45) is 1.20. The van der Waals surface area contributed by atoms with Gasteiger partial charge < -0.3 is 15.4 Å². The fourth-order valence-electron chi connectivity index (χ4n) is 2.09. The molecule has 0 heterocycles. The van der Waals surface area contributed by atoms with Gasteiger partial charge in [-0.25, -0.2) is 13.6 Å². The monoisotopic (exact) mass is 328 g/mol. The molecule has 2 N–H and O–H groups in total. The van der Waals surface area contributed by atoms with Crippen LogP contribution in [-0.2, 0) is 11.3 Å². The van der Waals surface area contributed by atoms with E-state index >= 15 is 0 Å². The number of nitrogens with one attached hydrogen (secondary N) is 2. The Balaban J connectivity index is 2.48. The number of ether oxygens (including phenoxy) is 1. The van der Waals surface area contributed by atoms with Crippen LogP contribution in [0.1, 0.15) is 46.1 Å². The molecule has 0 aliphatic rings. The fraction of sp³-hybridized carbons (Fsp3) is 0.588. The van der Waals surface area contributed by atoms with Crippen molar-refractivity contribution in [3.05, 3.63) is 35.4 Å². The number of alkyl carbamates (subject to hydrolysis) is 1. The first-order chi connectivity index (χ1) is 10.7. The first-order valence-electron chi connectivity index (χ1n) is 7.85. The van der Waals surface area contributed by atoms with Gasteiger partial charge in [0, 0.05) is 30.8 Å². The Morgan fingerprint density at radius 2 is 2.00 bits per heavy atom. The summed E-state index contributed by atoms with van der Waals surface area (Å²) in [5, 5.41) is 5.89. The van der Waals surface area contributed by atoms with E-state index in [1.807, 2.05) is 6.92 Å². The highest BCUT2D eigenvalue weighted by atomic mass is 19.1. The second-order valence-electron chi connectivity index (χ2n) is 6.50. The molecule has 0 aromatic heterocycles. The number of rotatable bonds is 7. The fourth-order valence-corrected chi connectivity index (χ4v) is 2.09. The van der Waals surface area contributed by atoms with Crippen LogP contribution in [0.3, 0.4) is 0 Å². The first-order valence-corrected chi connectivity index (χ1v) is 7.85. The summed E-state index contributed by atoms with van der Waals surface area (Å²) in [4.78, 5) is 11.8. The van der Waals surface area contributed by atoms with Crippen LogP contribution in [0.25, 0.3) is 0 Å². The predicted molar refractivity (Wildman–Crippen MR) is 86.1 cm³/mol. The molecule has 0 radical (unpaired) electrons.